The largest absolute Gasteiger partial charge is 0.486 e. The second-order valence-corrected chi connectivity index (χ2v) is 3.66. The number of rotatable bonds is 3. The Bertz CT molecular complexity index is 350. The molecular weight excluding hydrogens is 190 g/mol. The van der Waals surface area contributed by atoms with Crippen LogP contribution in [0.5, 0.6) is 11.5 Å². The van der Waals surface area contributed by atoms with Crippen molar-refractivity contribution in [1.29, 1.82) is 0 Å². The van der Waals surface area contributed by atoms with E-state index in [2.05, 4.69) is 19.1 Å². The van der Waals surface area contributed by atoms with Crippen LogP contribution in [0, 0.1) is 0 Å². The first-order valence-corrected chi connectivity index (χ1v) is 5.46. The van der Waals surface area contributed by atoms with Crippen molar-refractivity contribution in [2.75, 3.05) is 19.8 Å². The van der Waals surface area contributed by atoms with Crippen molar-refractivity contribution in [2.24, 2.45) is 5.73 Å². The molecule has 0 saturated carbocycles. The molecule has 0 bridgehead atoms. The number of fused-ring (bicyclic) bond motifs is 1. The van der Waals surface area contributed by atoms with Gasteiger partial charge in [-0.2, -0.15) is 0 Å². The molecule has 0 radical (unpaired) electrons. The predicted molar refractivity (Wildman–Crippen MR) is 59.6 cm³/mol. The Morgan fingerprint density at radius 2 is 1.73 bits per heavy atom. The molecule has 3 heteroatoms. The summed E-state index contributed by atoms with van der Waals surface area (Å²) in [4.78, 5) is 0. The van der Waals surface area contributed by atoms with E-state index >= 15 is 0 Å². The van der Waals surface area contributed by atoms with Gasteiger partial charge in [-0.15, -0.1) is 0 Å². The van der Waals surface area contributed by atoms with Crippen molar-refractivity contribution < 1.29 is 9.47 Å². The van der Waals surface area contributed by atoms with Gasteiger partial charge in [-0.05, 0) is 42.6 Å². The minimum atomic E-state index is 0.639. The fourth-order valence-electron chi connectivity index (χ4n) is 1.89. The van der Waals surface area contributed by atoms with E-state index in [1.54, 1.807) is 0 Å². The van der Waals surface area contributed by atoms with Crippen molar-refractivity contribution in [3.63, 3.8) is 0 Å². The Morgan fingerprint density at radius 3 is 2.27 bits per heavy atom. The third-order valence-corrected chi connectivity index (χ3v) is 2.66. The van der Waals surface area contributed by atoms with Crippen LogP contribution in [-0.4, -0.2) is 19.8 Å². The highest BCUT2D eigenvalue weighted by atomic mass is 16.6. The number of aryl methyl sites for hydroxylation is 1. The fraction of sp³-hybridized carbons (Fsp3) is 0.500. The molecule has 0 atom stereocenters. The summed E-state index contributed by atoms with van der Waals surface area (Å²) in [6, 6.07) is 4.15. The highest BCUT2D eigenvalue weighted by Crippen LogP contribution is 2.33. The summed E-state index contributed by atoms with van der Waals surface area (Å²) in [5.74, 6) is 1.74. The van der Waals surface area contributed by atoms with E-state index in [1.165, 1.54) is 11.1 Å². The zero-order chi connectivity index (χ0) is 10.7. The highest BCUT2D eigenvalue weighted by molar-refractivity contribution is 5.48. The first kappa shape index (κ1) is 10.3. The lowest BCUT2D eigenvalue weighted by molar-refractivity contribution is 0.171. The first-order chi connectivity index (χ1) is 7.35. The molecule has 0 fully saturated rings. The van der Waals surface area contributed by atoms with Crippen LogP contribution < -0.4 is 15.2 Å². The monoisotopic (exact) mass is 207 g/mol. The van der Waals surface area contributed by atoms with E-state index in [4.69, 9.17) is 15.2 Å². The summed E-state index contributed by atoms with van der Waals surface area (Å²) in [7, 11) is 0. The van der Waals surface area contributed by atoms with Gasteiger partial charge in [0.15, 0.2) is 11.5 Å². The van der Waals surface area contributed by atoms with E-state index in [9.17, 15) is 0 Å². The topological polar surface area (TPSA) is 44.5 Å². The predicted octanol–water partition coefficient (Wildman–Crippen LogP) is 1.52. The number of nitrogens with two attached hydrogens (primary N) is 1. The summed E-state index contributed by atoms with van der Waals surface area (Å²) in [6.45, 7) is 4.10. The Hall–Kier alpha value is -1.22. The molecule has 15 heavy (non-hydrogen) atoms. The molecule has 0 spiro atoms. The molecule has 82 valence electrons. The summed E-state index contributed by atoms with van der Waals surface area (Å²) in [6.07, 6.45) is 1.91. The van der Waals surface area contributed by atoms with E-state index in [1.807, 2.05) is 0 Å². The van der Waals surface area contributed by atoms with Gasteiger partial charge in [0.2, 0.25) is 0 Å². The van der Waals surface area contributed by atoms with Crippen molar-refractivity contribution in [1.82, 2.24) is 0 Å². The zero-order valence-corrected chi connectivity index (χ0v) is 9.08. The average Bonchev–Trinajstić information content (AvgIpc) is 2.28. The van der Waals surface area contributed by atoms with Crippen LogP contribution in [0.2, 0.25) is 0 Å². The third-order valence-electron chi connectivity index (χ3n) is 2.66. The Labute approximate surface area is 90.2 Å². The molecule has 0 aliphatic carbocycles. The lowest BCUT2D eigenvalue weighted by Crippen LogP contribution is -2.16. The Morgan fingerprint density at radius 1 is 1.13 bits per heavy atom. The molecule has 1 aromatic carbocycles. The summed E-state index contributed by atoms with van der Waals surface area (Å²) >= 11 is 0. The summed E-state index contributed by atoms with van der Waals surface area (Å²) in [5.41, 5.74) is 8.18. The number of ether oxygens (including phenoxy) is 2. The molecule has 2 rings (SSSR count). The standard InChI is InChI=1S/C12H17NO2/c1-2-9-7-11-12(15-6-5-14-11)8-10(9)3-4-13/h7-8H,2-6,13H2,1H3. The van der Waals surface area contributed by atoms with Crippen LogP contribution in [0.25, 0.3) is 0 Å². The van der Waals surface area contributed by atoms with Gasteiger partial charge in [-0.25, -0.2) is 0 Å². The van der Waals surface area contributed by atoms with Crippen LogP contribution in [0.15, 0.2) is 12.1 Å². The fourth-order valence-corrected chi connectivity index (χ4v) is 1.89. The quantitative estimate of drug-likeness (QED) is 0.817. The van der Waals surface area contributed by atoms with Gasteiger partial charge in [-0.1, -0.05) is 6.92 Å². The van der Waals surface area contributed by atoms with Crippen LogP contribution in [0.4, 0.5) is 0 Å². The lowest BCUT2D eigenvalue weighted by Gasteiger charge is -2.20. The number of hydrogen-bond acceptors (Lipinski definition) is 3. The van der Waals surface area contributed by atoms with E-state index in [0.29, 0.717) is 19.8 Å². The summed E-state index contributed by atoms with van der Waals surface area (Å²) < 4.78 is 11.1. The normalized spacial score (nSPS) is 14.0. The van der Waals surface area contributed by atoms with E-state index in [0.717, 1.165) is 24.3 Å². The van der Waals surface area contributed by atoms with Crippen molar-refractivity contribution in [3.05, 3.63) is 23.3 Å². The molecule has 1 aliphatic rings. The first-order valence-electron chi connectivity index (χ1n) is 5.46. The molecule has 2 N–H and O–H groups in total. The molecule has 0 aromatic heterocycles. The smallest absolute Gasteiger partial charge is 0.161 e. The van der Waals surface area contributed by atoms with Gasteiger partial charge in [0.05, 0.1) is 0 Å². The molecule has 1 aliphatic heterocycles. The average molecular weight is 207 g/mol. The molecule has 0 unspecified atom stereocenters. The Balaban J connectivity index is 2.37. The van der Waals surface area contributed by atoms with Gasteiger partial charge in [0.1, 0.15) is 13.2 Å². The van der Waals surface area contributed by atoms with Gasteiger partial charge < -0.3 is 15.2 Å². The van der Waals surface area contributed by atoms with Crippen molar-refractivity contribution in [2.45, 2.75) is 19.8 Å². The summed E-state index contributed by atoms with van der Waals surface area (Å²) in [5, 5.41) is 0. The maximum absolute atomic E-state index is 5.59. The third kappa shape index (κ3) is 2.07. The van der Waals surface area contributed by atoms with Gasteiger partial charge >= 0.3 is 0 Å². The van der Waals surface area contributed by atoms with Gasteiger partial charge in [0.25, 0.3) is 0 Å². The van der Waals surface area contributed by atoms with Crippen molar-refractivity contribution >= 4 is 0 Å². The Kier molecular flexibility index (Phi) is 3.11. The highest BCUT2D eigenvalue weighted by Gasteiger charge is 2.14. The zero-order valence-electron chi connectivity index (χ0n) is 9.08. The second kappa shape index (κ2) is 4.53. The maximum atomic E-state index is 5.59. The van der Waals surface area contributed by atoms with Crippen LogP contribution in [0.1, 0.15) is 18.1 Å². The molecule has 0 saturated heterocycles. The van der Waals surface area contributed by atoms with Crippen LogP contribution in [-0.2, 0) is 12.8 Å². The SMILES string of the molecule is CCc1cc2c(cc1CCN)OCCO2. The minimum absolute atomic E-state index is 0.639. The van der Waals surface area contributed by atoms with Crippen LogP contribution in [0.3, 0.4) is 0 Å². The number of hydrogen-bond donors (Lipinski definition) is 1. The minimum Gasteiger partial charge on any atom is -0.486 e. The molecule has 0 amide bonds. The molecule has 3 nitrogen and oxygen atoms in total. The lowest BCUT2D eigenvalue weighted by atomic mass is 10.0. The van der Waals surface area contributed by atoms with Gasteiger partial charge in [0, 0.05) is 0 Å². The molecular formula is C12H17NO2. The maximum Gasteiger partial charge on any atom is 0.161 e. The second-order valence-electron chi connectivity index (χ2n) is 3.66. The molecule has 1 heterocycles. The van der Waals surface area contributed by atoms with Crippen LogP contribution >= 0.6 is 0 Å². The van der Waals surface area contributed by atoms with Gasteiger partial charge in [-0.3, -0.25) is 0 Å². The van der Waals surface area contributed by atoms with E-state index < -0.39 is 0 Å². The number of benzene rings is 1. The molecule has 1 aromatic rings. The van der Waals surface area contributed by atoms with Crippen molar-refractivity contribution in [3.8, 4) is 11.5 Å². The van der Waals surface area contributed by atoms with E-state index in [-0.39, 0.29) is 0 Å².